The Bertz CT molecular complexity index is 1550. The van der Waals surface area contributed by atoms with Crippen LogP contribution in [-0.4, -0.2) is 53.2 Å². The maximum absolute atomic E-state index is 13.2. The molecular weight excluding hydrogens is 522 g/mol. The molecule has 1 saturated heterocycles. The minimum Gasteiger partial charge on any atom is -0.479 e. The van der Waals surface area contributed by atoms with E-state index in [2.05, 4.69) is 22.8 Å². The number of rotatable bonds is 8. The van der Waals surface area contributed by atoms with Crippen molar-refractivity contribution in [3.05, 3.63) is 114 Å². The molecule has 0 bridgehead atoms. The fourth-order valence-corrected chi connectivity index (χ4v) is 5.80. The summed E-state index contributed by atoms with van der Waals surface area (Å²) in [5.41, 5.74) is 4.07. The molecule has 0 spiro atoms. The molecule has 2 aliphatic rings. The first-order chi connectivity index (χ1) is 19.9. The van der Waals surface area contributed by atoms with Gasteiger partial charge in [-0.05, 0) is 34.2 Å². The van der Waals surface area contributed by atoms with Crippen molar-refractivity contribution in [3.8, 4) is 11.1 Å². The van der Waals surface area contributed by atoms with E-state index in [1.807, 2.05) is 71.6 Å². The Kier molecular flexibility index (Phi) is 7.03. The van der Waals surface area contributed by atoms with E-state index in [-0.39, 0.29) is 36.9 Å². The second-order valence-corrected chi connectivity index (χ2v) is 10.4. The number of hydrogen-bond donors (Lipinski definition) is 3. The normalized spacial score (nSPS) is 18.0. The molecule has 3 N–H and O–H groups in total. The number of furan rings is 1. The SMILES string of the molecule is O=C(Nc1ccoc1C(=O)NC1(C(=O)O)CCN(Cc2ccccc2)C1)OCC1c2ccccc2-c2ccccc21. The van der Waals surface area contributed by atoms with Crippen LogP contribution in [0, 0.1) is 0 Å². The first-order valence-corrected chi connectivity index (χ1v) is 13.5. The van der Waals surface area contributed by atoms with Crippen molar-refractivity contribution in [3.63, 3.8) is 0 Å². The Morgan fingerprint density at radius 2 is 1.59 bits per heavy atom. The third-order valence-electron chi connectivity index (χ3n) is 7.81. The average molecular weight is 552 g/mol. The van der Waals surface area contributed by atoms with E-state index in [9.17, 15) is 19.5 Å². The Balaban J connectivity index is 1.10. The number of carboxylic acids is 1. The molecule has 41 heavy (non-hydrogen) atoms. The second-order valence-electron chi connectivity index (χ2n) is 10.4. The molecule has 1 aliphatic heterocycles. The average Bonchev–Trinajstić information content (AvgIpc) is 3.69. The van der Waals surface area contributed by atoms with Crippen LogP contribution in [0.25, 0.3) is 11.1 Å². The van der Waals surface area contributed by atoms with Gasteiger partial charge in [0.2, 0.25) is 5.76 Å². The molecule has 0 saturated carbocycles. The molecule has 2 amide bonds. The standard InChI is InChI=1S/C32H29N3O6/c36-29(34-32(30(37)38)15-16-35(20-32)18-21-8-2-1-3-9-21)28-27(14-17-40-28)33-31(39)41-19-26-24-12-6-4-10-22(24)23-11-5-7-13-25(23)26/h1-14,17,26H,15-16,18-20H2,(H,33,39)(H,34,36)(H,37,38). The predicted octanol–water partition coefficient (Wildman–Crippen LogP) is 5.10. The van der Waals surface area contributed by atoms with Gasteiger partial charge in [-0.15, -0.1) is 0 Å². The number of anilines is 1. The van der Waals surface area contributed by atoms with Crippen LogP contribution in [0.3, 0.4) is 0 Å². The fraction of sp³-hybridized carbons (Fsp3) is 0.219. The lowest BCUT2D eigenvalue weighted by Gasteiger charge is -2.26. The zero-order chi connectivity index (χ0) is 28.4. The number of carbonyl (C=O) groups is 3. The van der Waals surface area contributed by atoms with Crippen molar-refractivity contribution in [2.24, 2.45) is 0 Å². The van der Waals surface area contributed by atoms with Gasteiger partial charge in [-0.1, -0.05) is 78.9 Å². The maximum Gasteiger partial charge on any atom is 0.411 e. The number of nitrogens with zero attached hydrogens (tertiary/aromatic N) is 1. The minimum atomic E-state index is -1.49. The van der Waals surface area contributed by atoms with E-state index in [1.54, 1.807) is 0 Å². The quantitative estimate of drug-likeness (QED) is 0.279. The summed E-state index contributed by atoms with van der Waals surface area (Å²) in [4.78, 5) is 40.3. The van der Waals surface area contributed by atoms with Gasteiger partial charge in [0.25, 0.3) is 5.91 Å². The third kappa shape index (κ3) is 5.19. The van der Waals surface area contributed by atoms with Crippen molar-refractivity contribution in [1.29, 1.82) is 0 Å². The number of carbonyl (C=O) groups excluding carboxylic acids is 2. The van der Waals surface area contributed by atoms with Crippen LogP contribution in [0.4, 0.5) is 10.5 Å². The predicted molar refractivity (Wildman–Crippen MR) is 152 cm³/mol. The number of hydrogen-bond acceptors (Lipinski definition) is 6. The molecular formula is C32H29N3O6. The molecule has 2 heterocycles. The van der Waals surface area contributed by atoms with Crippen molar-refractivity contribution in [2.75, 3.05) is 25.0 Å². The van der Waals surface area contributed by atoms with Crippen molar-refractivity contribution in [1.82, 2.24) is 10.2 Å². The summed E-state index contributed by atoms with van der Waals surface area (Å²) in [6, 6.07) is 27.2. The lowest BCUT2D eigenvalue weighted by molar-refractivity contribution is -0.144. The molecule has 1 fully saturated rings. The largest absolute Gasteiger partial charge is 0.479 e. The molecule has 0 radical (unpaired) electrons. The summed E-state index contributed by atoms with van der Waals surface area (Å²) in [6.07, 6.45) is 0.749. The minimum absolute atomic E-state index is 0.0967. The molecule has 208 valence electrons. The van der Waals surface area contributed by atoms with Crippen LogP contribution >= 0.6 is 0 Å². The lowest BCUT2D eigenvalue weighted by atomic mass is 9.98. The van der Waals surface area contributed by atoms with E-state index >= 15 is 0 Å². The zero-order valence-electron chi connectivity index (χ0n) is 22.2. The number of ether oxygens (including phenoxy) is 1. The van der Waals surface area contributed by atoms with E-state index in [0.29, 0.717) is 13.1 Å². The lowest BCUT2D eigenvalue weighted by Crippen LogP contribution is -2.56. The van der Waals surface area contributed by atoms with Gasteiger partial charge in [0.15, 0.2) is 5.54 Å². The van der Waals surface area contributed by atoms with Gasteiger partial charge in [-0.2, -0.15) is 0 Å². The molecule has 4 aromatic rings. The molecule has 9 nitrogen and oxygen atoms in total. The Labute approximate surface area is 236 Å². The Morgan fingerprint density at radius 1 is 0.927 bits per heavy atom. The highest BCUT2D eigenvalue weighted by molar-refractivity contribution is 6.02. The fourth-order valence-electron chi connectivity index (χ4n) is 5.80. The van der Waals surface area contributed by atoms with E-state index in [1.165, 1.54) is 12.3 Å². The number of amides is 2. The first kappa shape index (κ1) is 26.3. The highest BCUT2D eigenvalue weighted by atomic mass is 16.5. The molecule has 6 rings (SSSR count). The molecule has 3 aromatic carbocycles. The summed E-state index contributed by atoms with van der Waals surface area (Å²) in [7, 11) is 0. The summed E-state index contributed by atoms with van der Waals surface area (Å²) in [6.45, 7) is 1.32. The molecule has 1 aliphatic carbocycles. The van der Waals surface area contributed by atoms with Crippen LogP contribution in [0.5, 0.6) is 0 Å². The highest BCUT2D eigenvalue weighted by Crippen LogP contribution is 2.44. The van der Waals surface area contributed by atoms with Gasteiger partial charge in [0.05, 0.1) is 12.0 Å². The van der Waals surface area contributed by atoms with Crippen molar-refractivity contribution in [2.45, 2.75) is 24.4 Å². The van der Waals surface area contributed by atoms with Crippen LogP contribution in [0.2, 0.25) is 0 Å². The summed E-state index contributed by atoms with van der Waals surface area (Å²) in [5.74, 6) is -2.16. The maximum atomic E-state index is 13.2. The van der Waals surface area contributed by atoms with Crippen molar-refractivity contribution >= 4 is 23.7 Å². The van der Waals surface area contributed by atoms with Gasteiger partial charge in [-0.25, -0.2) is 9.59 Å². The van der Waals surface area contributed by atoms with Crippen LogP contribution in [0.1, 0.15) is 39.6 Å². The van der Waals surface area contributed by atoms with Crippen LogP contribution in [-0.2, 0) is 16.1 Å². The van der Waals surface area contributed by atoms with Crippen LogP contribution in [0.15, 0.2) is 95.6 Å². The van der Waals surface area contributed by atoms with E-state index < -0.39 is 23.5 Å². The van der Waals surface area contributed by atoms with Gasteiger partial charge in [-0.3, -0.25) is 15.0 Å². The Morgan fingerprint density at radius 3 is 2.27 bits per heavy atom. The first-order valence-electron chi connectivity index (χ1n) is 13.5. The topological polar surface area (TPSA) is 121 Å². The number of fused-ring (bicyclic) bond motifs is 3. The number of aliphatic carboxylic acids is 1. The second kappa shape index (κ2) is 10.9. The molecule has 1 atom stereocenters. The van der Waals surface area contributed by atoms with Gasteiger partial charge < -0.3 is 19.6 Å². The summed E-state index contributed by atoms with van der Waals surface area (Å²) in [5, 5.41) is 15.3. The Hall–Kier alpha value is -4.89. The smallest absolute Gasteiger partial charge is 0.411 e. The number of carboxylic acid groups (broad SMARTS) is 1. The zero-order valence-corrected chi connectivity index (χ0v) is 22.2. The molecule has 9 heteroatoms. The van der Waals surface area contributed by atoms with Crippen LogP contribution < -0.4 is 10.6 Å². The molecule has 1 unspecified atom stereocenters. The number of likely N-dealkylation sites (tertiary alicyclic amines) is 1. The summed E-state index contributed by atoms with van der Waals surface area (Å²) >= 11 is 0. The van der Waals surface area contributed by atoms with Gasteiger partial charge in [0, 0.05) is 31.6 Å². The van der Waals surface area contributed by atoms with Crippen molar-refractivity contribution < 1.29 is 28.6 Å². The highest BCUT2D eigenvalue weighted by Gasteiger charge is 2.46. The number of benzene rings is 3. The number of nitrogens with one attached hydrogen (secondary N) is 2. The summed E-state index contributed by atoms with van der Waals surface area (Å²) < 4.78 is 11.0. The van der Waals surface area contributed by atoms with E-state index in [4.69, 9.17) is 9.15 Å². The monoisotopic (exact) mass is 551 g/mol. The molecule has 1 aromatic heterocycles. The van der Waals surface area contributed by atoms with Gasteiger partial charge in [0.1, 0.15) is 6.61 Å². The third-order valence-corrected chi connectivity index (χ3v) is 7.81. The van der Waals surface area contributed by atoms with Gasteiger partial charge >= 0.3 is 12.1 Å². The van der Waals surface area contributed by atoms with E-state index in [0.717, 1.165) is 27.8 Å².